The molecule has 124 heavy (non-hydrogen) atoms. The predicted molar refractivity (Wildman–Crippen MR) is 516 cm³/mol. The van der Waals surface area contributed by atoms with Gasteiger partial charge in [-0.1, -0.05) is 6.07 Å². The zero-order valence-corrected chi connectivity index (χ0v) is 77.1. The van der Waals surface area contributed by atoms with E-state index in [1.807, 2.05) is 108 Å². The molecule has 0 aliphatic carbocycles. The molecule has 2 fully saturated rings. The number of likely N-dealkylation sites (N-methyl/N-ethyl adjacent to an activating group) is 4. The van der Waals surface area contributed by atoms with Gasteiger partial charge in [-0.15, -0.1) is 0 Å². The molecule has 0 unspecified atom stereocenters. The Kier molecular flexibility index (Phi) is 43.9. The van der Waals surface area contributed by atoms with E-state index in [1.54, 1.807) is 84.9 Å². The summed E-state index contributed by atoms with van der Waals surface area (Å²) < 4.78 is 51.2. The summed E-state index contributed by atoms with van der Waals surface area (Å²) in [5.74, 6) is 5.01. The average molecular weight is 1720 g/mol. The fourth-order valence-electron chi connectivity index (χ4n) is 13.7. The molecule has 0 spiro atoms. The summed E-state index contributed by atoms with van der Waals surface area (Å²) in [6.07, 6.45) is 16.9. The van der Waals surface area contributed by atoms with E-state index in [9.17, 15) is 0 Å². The molecular weight excluding hydrogens is 1560 g/mol. The topological polar surface area (TPSA) is 445 Å². The maximum atomic E-state index is 5.87. The van der Waals surface area contributed by atoms with E-state index in [0.29, 0.717) is 137 Å². The first-order valence-electron chi connectivity index (χ1n) is 43.7. The lowest BCUT2D eigenvalue weighted by atomic mass is 10.2. The van der Waals surface area contributed by atoms with E-state index in [1.165, 1.54) is 82.8 Å². The summed E-state index contributed by atoms with van der Waals surface area (Å²) in [6.45, 7) is 36.1. The van der Waals surface area contributed by atoms with Crippen molar-refractivity contribution in [1.82, 2.24) is 9.47 Å². The molecule has 0 atom stereocenters. The van der Waals surface area contributed by atoms with Crippen molar-refractivity contribution in [3.63, 3.8) is 0 Å². The molecule has 4 heterocycles. The van der Waals surface area contributed by atoms with E-state index in [0.717, 1.165) is 126 Å². The molecule has 11 rings (SSSR count). The van der Waals surface area contributed by atoms with Gasteiger partial charge in [-0.05, 0) is 169 Å². The smallest absolute Gasteiger partial charge is 0.243 e. The SMILES string of the molecule is CC[N+](C)(CC)CCOc1ccc(N)cc1N.CC[N+](CC)(CC)CCCOc1ccc(N)cc1N.CN1CC[N+](C)(CCCOc2ccc(N)cc2N)CC1.C[N+](C)(C)CCOc1ccc(N)cc1N.C[N+]1(CCCOc2ccc(N)cc2N)CCCC1.C[n+]1ccn(CCCOc2ccc(N)cc2N)c1.Nc1ccc(OCC[n+]2ccccc2)c(N)c1. The second-order valence-corrected chi connectivity index (χ2v) is 34.0. The Labute approximate surface area is 740 Å². The van der Waals surface area contributed by atoms with Crippen LogP contribution in [0.3, 0.4) is 0 Å². The summed E-state index contributed by atoms with van der Waals surface area (Å²) in [4.78, 5) is 2.39. The Morgan fingerprint density at radius 3 is 0.992 bits per heavy atom. The number of aromatic nitrogens is 3. The monoisotopic (exact) mass is 1720 g/mol. The fourth-order valence-corrected chi connectivity index (χ4v) is 13.7. The highest BCUT2D eigenvalue weighted by molar-refractivity contribution is 5.65. The lowest BCUT2D eigenvalue weighted by molar-refractivity contribution is -0.923. The maximum absolute atomic E-state index is 5.87. The third kappa shape index (κ3) is 39.3. The van der Waals surface area contributed by atoms with Gasteiger partial charge in [0.2, 0.25) is 6.33 Å². The Bertz CT molecular complexity index is 4500. The molecule has 2 aliphatic rings. The van der Waals surface area contributed by atoms with Gasteiger partial charge in [0, 0.05) is 104 Å². The van der Waals surface area contributed by atoms with Gasteiger partial charge in [-0.25, -0.2) is 13.7 Å². The summed E-state index contributed by atoms with van der Waals surface area (Å²) in [7, 11) is 17.5. The highest BCUT2D eigenvalue weighted by Crippen LogP contribution is 2.30. The van der Waals surface area contributed by atoms with Crippen LogP contribution in [0.25, 0.3) is 0 Å². The van der Waals surface area contributed by atoms with Gasteiger partial charge >= 0.3 is 0 Å². The lowest BCUT2D eigenvalue weighted by Gasteiger charge is -2.41. The van der Waals surface area contributed by atoms with Gasteiger partial charge in [0.05, 0.1) is 201 Å². The van der Waals surface area contributed by atoms with Crippen molar-refractivity contribution in [2.75, 3.05) is 281 Å². The molecule has 9 aromatic rings. The van der Waals surface area contributed by atoms with Crippen LogP contribution in [0.4, 0.5) is 79.6 Å². The number of nitrogens with two attached hydrogens (primary N) is 14. The minimum absolute atomic E-state index is 0.572. The summed E-state index contributed by atoms with van der Waals surface area (Å²) >= 11 is 0. The molecule has 0 saturated carbocycles. The lowest BCUT2D eigenvalue weighted by Crippen LogP contribution is -2.56. The zero-order chi connectivity index (χ0) is 91.3. The summed E-state index contributed by atoms with van der Waals surface area (Å²) in [5.41, 5.74) is 89.0. The number of anilines is 14. The van der Waals surface area contributed by atoms with Crippen LogP contribution in [0.2, 0.25) is 0 Å². The molecule has 30 heteroatoms. The van der Waals surface area contributed by atoms with Crippen molar-refractivity contribution in [3.05, 3.63) is 177 Å². The van der Waals surface area contributed by atoms with Crippen molar-refractivity contribution in [3.8, 4) is 40.2 Å². The van der Waals surface area contributed by atoms with Gasteiger partial charge in [-0.3, -0.25) is 4.90 Å². The van der Waals surface area contributed by atoms with Crippen molar-refractivity contribution in [2.45, 2.75) is 86.2 Å². The van der Waals surface area contributed by atoms with E-state index < -0.39 is 0 Å². The molecule has 0 radical (unpaired) electrons. The largest absolute Gasteiger partial charge is 0.491 e. The number of hydrogen-bond donors (Lipinski definition) is 14. The molecule has 7 aromatic carbocycles. The number of pyridine rings is 1. The van der Waals surface area contributed by atoms with Crippen molar-refractivity contribution in [2.24, 2.45) is 7.05 Å². The minimum atomic E-state index is 0.572. The summed E-state index contributed by atoms with van der Waals surface area (Å²) in [6, 6.07) is 43.4. The number of imidazole rings is 1. The van der Waals surface area contributed by atoms with Crippen LogP contribution in [0.15, 0.2) is 177 Å². The molecule has 30 nitrogen and oxygen atoms in total. The Morgan fingerprint density at radius 1 is 0.363 bits per heavy atom. The highest BCUT2D eigenvalue weighted by atomic mass is 16.5. The Morgan fingerprint density at radius 2 is 0.677 bits per heavy atom. The molecule has 28 N–H and O–H groups in total. The molecule has 2 aliphatic heterocycles. The normalized spacial score (nSPS) is 13.3. The zero-order valence-electron chi connectivity index (χ0n) is 77.1. The van der Waals surface area contributed by atoms with Crippen molar-refractivity contribution in [1.29, 1.82) is 0 Å². The van der Waals surface area contributed by atoms with Crippen LogP contribution in [-0.4, -0.2) is 232 Å². The number of nitrogens with zero attached hydrogens (tertiary/aromatic N) is 9. The number of nitrogen functional groups attached to an aromatic ring is 14. The molecule has 2 saturated heterocycles. The number of likely N-dealkylation sites (tertiary alicyclic amines) is 1. The third-order valence-corrected chi connectivity index (χ3v) is 22.6. The minimum Gasteiger partial charge on any atom is -0.491 e. The number of piperazine rings is 1. The van der Waals surface area contributed by atoms with Crippen LogP contribution in [0.1, 0.15) is 73.1 Å². The van der Waals surface area contributed by atoms with Gasteiger partial charge in [0.1, 0.15) is 85.6 Å². The van der Waals surface area contributed by atoms with Crippen LogP contribution in [0, 0.1) is 0 Å². The molecular formula is C94H158N23O7+7. The second kappa shape index (κ2) is 52.8. The van der Waals surface area contributed by atoms with Crippen LogP contribution in [0.5, 0.6) is 40.2 Å². The molecule has 2 aromatic heterocycles. The number of benzene rings is 7. The van der Waals surface area contributed by atoms with Crippen molar-refractivity contribution >= 4 is 79.6 Å². The number of aryl methyl sites for hydroxylation is 2. The quantitative estimate of drug-likeness (QED) is 0.00744. The van der Waals surface area contributed by atoms with Gasteiger partial charge in [-0.2, -0.15) is 0 Å². The molecule has 0 bridgehead atoms. The second-order valence-electron chi connectivity index (χ2n) is 34.0. The number of ether oxygens (including phenoxy) is 7. The predicted octanol–water partition coefficient (Wildman–Crippen LogP) is 10.2. The number of hydrogen-bond acceptors (Lipinski definition) is 22. The van der Waals surface area contributed by atoms with E-state index in [2.05, 4.69) is 93.4 Å². The first-order valence-corrected chi connectivity index (χ1v) is 43.7. The summed E-state index contributed by atoms with van der Waals surface area (Å²) in [5, 5.41) is 0. The first-order chi connectivity index (χ1) is 58.9. The van der Waals surface area contributed by atoms with Gasteiger partial charge in [0.15, 0.2) is 18.9 Å². The first kappa shape index (κ1) is 103. The average Bonchev–Trinajstić information content (AvgIpc) is 0.884. The van der Waals surface area contributed by atoms with E-state index >= 15 is 0 Å². The molecule has 684 valence electrons. The molecule has 0 amide bonds. The number of rotatable bonds is 37. The van der Waals surface area contributed by atoms with Crippen molar-refractivity contribution < 1.29 is 64.7 Å². The van der Waals surface area contributed by atoms with E-state index in [-0.39, 0.29) is 0 Å². The standard InChI is InChI=1S/C15H27N4O.C15H28N3O.C14H24N3O.C13H19N4O.C13H16N3O.C13H24N3O.C11H20N3O/c1-18-6-9-19(2,10-7-18)8-3-11-20-15-5-4-13(16)12-14(15)17;1-4-18(5-2,6-3)10-7-11-19-15-9-8-13(16)12-14(15)17;1-17(7-2-3-8-17)9-4-10-18-14-6-5-12(15)11-13(14)16;1-16-6-7-17(10-16)5-2-8-18-13-4-3-11(14)9-12(13)15;14-11-4-5-13(12(15)10-11)17-9-8-16-6-2-1-3-7-16;1-4-16(3,5-2)8-9-17-13-7-6-11(14)10-12(13)15;1-14(2,3)6-7-15-11-5-4-9(12)8-10(11)13/h4-5,12H,3,6-11,16-17H2,1-2H3;8-9,12H,4-7,10-11,16-17H2,1-3H3;5-6,11H,2-4,7-10,15-16H2,1H3;3-4,6-7,9-10H,2,5,8,14-15H2,1H3;1-7,10H,8-9,14-15H2;6-7,10H,4-5,8-9,14-15H2,1-3H3;4-5,8H,6-7,12-13H2,1-3H3/q7*+1. The van der Waals surface area contributed by atoms with Crippen LogP contribution in [-0.2, 0) is 20.1 Å². The maximum Gasteiger partial charge on any atom is 0.243 e. The van der Waals surface area contributed by atoms with E-state index in [4.69, 9.17) is 113 Å². The number of quaternary nitrogens is 5. The van der Waals surface area contributed by atoms with Gasteiger partial charge in [0.25, 0.3) is 0 Å². The highest BCUT2D eigenvalue weighted by Gasteiger charge is 2.28. The van der Waals surface area contributed by atoms with Crippen LogP contribution >= 0.6 is 0 Å². The van der Waals surface area contributed by atoms with Gasteiger partial charge < -0.3 is 136 Å². The Hall–Kier alpha value is -11.5. The third-order valence-electron chi connectivity index (χ3n) is 22.6. The Balaban J connectivity index is 0.000000257. The fraction of sp³-hybridized carbons (Fsp3) is 0.468. The van der Waals surface area contributed by atoms with Crippen LogP contribution < -0.4 is 123 Å².